The molecule has 7 heteroatoms. The van der Waals surface area contributed by atoms with E-state index in [1.807, 2.05) is 11.0 Å². The Morgan fingerprint density at radius 2 is 1.96 bits per heavy atom. The van der Waals surface area contributed by atoms with Crippen LogP contribution in [0, 0.1) is 0 Å². The number of carbonyl (C=O) groups excluding carboxylic acids is 1. The molecule has 1 aromatic carbocycles. The topological polar surface area (TPSA) is 110 Å². The molecule has 0 saturated heterocycles. The maximum atomic E-state index is 11.5. The first-order valence-electron chi connectivity index (χ1n) is 7.04. The third-order valence-corrected chi connectivity index (χ3v) is 3.48. The molecule has 2 aromatic rings. The molecule has 23 heavy (non-hydrogen) atoms. The lowest BCUT2D eigenvalue weighted by Gasteiger charge is -2.23. The first-order chi connectivity index (χ1) is 11.1. The SMILES string of the molecule is CC(=O)C1=CN(c2cc(N)c(N)c(-c3ncccn3)c2)CC=N1. The monoisotopic (exact) mass is 308 g/mol. The maximum absolute atomic E-state index is 11.5. The van der Waals surface area contributed by atoms with Gasteiger partial charge in [-0.15, -0.1) is 0 Å². The lowest BCUT2D eigenvalue weighted by molar-refractivity contribution is -0.113. The molecule has 0 radical (unpaired) electrons. The summed E-state index contributed by atoms with van der Waals surface area (Å²) in [4.78, 5) is 25.9. The Morgan fingerprint density at radius 1 is 1.22 bits per heavy atom. The zero-order chi connectivity index (χ0) is 16.4. The van der Waals surface area contributed by atoms with E-state index in [0.29, 0.717) is 35.0 Å². The molecule has 4 N–H and O–H groups in total. The molecule has 0 unspecified atom stereocenters. The second-order valence-electron chi connectivity index (χ2n) is 5.10. The van der Waals surface area contributed by atoms with Gasteiger partial charge in [-0.25, -0.2) is 9.97 Å². The van der Waals surface area contributed by atoms with E-state index in [9.17, 15) is 4.79 Å². The number of aromatic nitrogens is 2. The van der Waals surface area contributed by atoms with Crippen molar-refractivity contribution in [2.75, 3.05) is 22.9 Å². The van der Waals surface area contributed by atoms with Crippen molar-refractivity contribution in [3.63, 3.8) is 0 Å². The second kappa shape index (κ2) is 5.88. The van der Waals surface area contributed by atoms with Crippen molar-refractivity contribution in [1.29, 1.82) is 0 Å². The van der Waals surface area contributed by atoms with Crippen molar-refractivity contribution in [2.24, 2.45) is 4.99 Å². The molecule has 2 heterocycles. The smallest absolute Gasteiger partial charge is 0.179 e. The summed E-state index contributed by atoms with van der Waals surface area (Å²) in [5.74, 6) is 0.404. The van der Waals surface area contributed by atoms with Crippen molar-refractivity contribution >= 4 is 29.1 Å². The van der Waals surface area contributed by atoms with Gasteiger partial charge in [-0.2, -0.15) is 0 Å². The highest BCUT2D eigenvalue weighted by Crippen LogP contribution is 2.33. The van der Waals surface area contributed by atoms with Crippen LogP contribution in [0.5, 0.6) is 0 Å². The van der Waals surface area contributed by atoms with Crippen LogP contribution in [0.25, 0.3) is 11.4 Å². The number of nitrogen functional groups attached to an aromatic ring is 2. The molecule has 0 atom stereocenters. The minimum Gasteiger partial charge on any atom is -0.397 e. The van der Waals surface area contributed by atoms with Crippen LogP contribution in [0.15, 0.2) is 47.5 Å². The first-order valence-corrected chi connectivity index (χ1v) is 7.04. The highest BCUT2D eigenvalue weighted by Gasteiger charge is 2.16. The van der Waals surface area contributed by atoms with Crippen LogP contribution in [0.2, 0.25) is 0 Å². The molecule has 0 spiro atoms. The minimum atomic E-state index is -0.0963. The van der Waals surface area contributed by atoms with Crippen molar-refractivity contribution in [1.82, 2.24) is 9.97 Å². The Kier molecular flexibility index (Phi) is 3.76. The van der Waals surface area contributed by atoms with Crippen molar-refractivity contribution in [3.05, 3.63) is 42.5 Å². The summed E-state index contributed by atoms with van der Waals surface area (Å²) in [6.07, 6.45) is 6.67. The average molecular weight is 308 g/mol. The molecular formula is C16H16N6O. The van der Waals surface area contributed by atoms with Crippen molar-refractivity contribution in [2.45, 2.75) is 6.92 Å². The van der Waals surface area contributed by atoms with Gasteiger partial charge >= 0.3 is 0 Å². The van der Waals surface area contributed by atoms with E-state index in [0.717, 1.165) is 5.69 Å². The van der Waals surface area contributed by atoms with Crippen molar-refractivity contribution in [3.8, 4) is 11.4 Å². The summed E-state index contributed by atoms with van der Waals surface area (Å²) in [5, 5.41) is 0. The Morgan fingerprint density at radius 3 is 2.65 bits per heavy atom. The van der Waals surface area contributed by atoms with E-state index in [1.165, 1.54) is 6.92 Å². The van der Waals surface area contributed by atoms with Crippen LogP contribution in [0.1, 0.15) is 6.92 Å². The van der Waals surface area contributed by atoms with Gasteiger partial charge in [0.05, 0.1) is 17.9 Å². The predicted molar refractivity (Wildman–Crippen MR) is 90.9 cm³/mol. The molecule has 0 fully saturated rings. The van der Waals surface area contributed by atoms with Crippen molar-refractivity contribution < 1.29 is 4.79 Å². The molecule has 0 aliphatic carbocycles. The van der Waals surface area contributed by atoms with Gasteiger partial charge in [0.25, 0.3) is 0 Å². The predicted octanol–water partition coefficient (Wildman–Crippen LogP) is 1.63. The number of aliphatic imine (C=N–C) groups is 1. The summed E-state index contributed by atoms with van der Waals surface area (Å²) in [5.41, 5.74) is 14.8. The average Bonchev–Trinajstić information content (AvgIpc) is 2.58. The van der Waals surface area contributed by atoms with Gasteiger partial charge in [-0.3, -0.25) is 9.79 Å². The number of benzene rings is 1. The molecule has 1 aliphatic rings. The van der Waals surface area contributed by atoms with Gasteiger partial charge < -0.3 is 16.4 Å². The molecule has 0 bridgehead atoms. The van der Waals surface area contributed by atoms with Gasteiger partial charge in [0.1, 0.15) is 5.70 Å². The van der Waals surface area contributed by atoms with Crippen LogP contribution in [-0.2, 0) is 4.79 Å². The summed E-state index contributed by atoms with van der Waals surface area (Å²) in [6, 6.07) is 5.35. The Balaban J connectivity index is 2.07. The standard InChI is InChI=1S/C16H16N6O/c1-10(23)14-9-22(6-5-19-14)11-7-12(15(18)13(17)8-11)16-20-3-2-4-21-16/h2-5,7-9H,6,17-18H2,1H3. The second-order valence-corrected chi connectivity index (χ2v) is 5.10. The Hall–Kier alpha value is -3.22. The van der Waals surface area contributed by atoms with Gasteiger partial charge in [0.15, 0.2) is 11.6 Å². The molecule has 1 aromatic heterocycles. The maximum Gasteiger partial charge on any atom is 0.179 e. The van der Waals surface area contributed by atoms with E-state index >= 15 is 0 Å². The van der Waals surface area contributed by atoms with E-state index in [-0.39, 0.29) is 5.78 Å². The van der Waals surface area contributed by atoms with Crippen LogP contribution < -0.4 is 16.4 Å². The van der Waals surface area contributed by atoms with Gasteiger partial charge in [-0.1, -0.05) is 0 Å². The summed E-state index contributed by atoms with van der Waals surface area (Å²) >= 11 is 0. The highest BCUT2D eigenvalue weighted by molar-refractivity contribution is 5.96. The molecule has 7 nitrogen and oxygen atoms in total. The fourth-order valence-corrected chi connectivity index (χ4v) is 2.27. The van der Waals surface area contributed by atoms with Crippen LogP contribution in [-0.4, -0.2) is 28.5 Å². The number of allylic oxidation sites excluding steroid dienone is 1. The third kappa shape index (κ3) is 2.89. The third-order valence-electron chi connectivity index (χ3n) is 3.48. The van der Waals surface area contributed by atoms with Crippen LogP contribution in [0.3, 0.4) is 0 Å². The van der Waals surface area contributed by atoms with Crippen LogP contribution >= 0.6 is 0 Å². The molecule has 116 valence electrons. The Labute approximate surface area is 133 Å². The van der Waals surface area contributed by atoms with E-state index in [2.05, 4.69) is 15.0 Å². The van der Waals surface area contributed by atoms with Gasteiger partial charge in [0, 0.05) is 43.0 Å². The minimum absolute atomic E-state index is 0.0963. The lowest BCUT2D eigenvalue weighted by atomic mass is 10.1. The van der Waals surface area contributed by atoms with E-state index in [1.54, 1.807) is 36.9 Å². The first kappa shape index (κ1) is 14.7. The molecular weight excluding hydrogens is 292 g/mol. The summed E-state index contributed by atoms with van der Waals surface area (Å²) in [7, 11) is 0. The molecule has 0 amide bonds. The number of hydrogen-bond acceptors (Lipinski definition) is 7. The zero-order valence-electron chi connectivity index (χ0n) is 12.6. The molecule has 3 rings (SSSR count). The molecule has 1 aliphatic heterocycles. The number of nitrogens with two attached hydrogens (primary N) is 2. The molecule has 0 saturated carbocycles. The highest BCUT2D eigenvalue weighted by atomic mass is 16.1. The largest absolute Gasteiger partial charge is 0.397 e. The van der Waals surface area contributed by atoms with E-state index < -0.39 is 0 Å². The van der Waals surface area contributed by atoms with E-state index in [4.69, 9.17) is 11.5 Å². The number of rotatable bonds is 3. The number of Topliss-reactive ketones (excluding diaryl/α,β-unsaturated/α-hetero) is 1. The quantitative estimate of drug-likeness (QED) is 0.834. The number of carbonyl (C=O) groups is 1. The summed E-state index contributed by atoms with van der Waals surface area (Å²) < 4.78 is 0. The normalized spacial score (nSPS) is 13.8. The van der Waals surface area contributed by atoms with Crippen LogP contribution in [0.4, 0.5) is 17.1 Å². The fraction of sp³-hybridized carbons (Fsp3) is 0.125. The van der Waals surface area contributed by atoms with Gasteiger partial charge in [0.2, 0.25) is 0 Å². The Bertz CT molecular complexity index is 813. The lowest BCUT2D eigenvalue weighted by Crippen LogP contribution is -2.24. The van der Waals surface area contributed by atoms with Gasteiger partial charge in [-0.05, 0) is 18.2 Å². The fourth-order valence-electron chi connectivity index (χ4n) is 2.27. The zero-order valence-corrected chi connectivity index (χ0v) is 12.6. The number of nitrogens with zero attached hydrogens (tertiary/aromatic N) is 4. The number of hydrogen-bond donors (Lipinski definition) is 2. The summed E-state index contributed by atoms with van der Waals surface area (Å²) in [6.45, 7) is 2.02. The number of ketones is 1. The number of anilines is 3.